The van der Waals surface area contributed by atoms with Gasteiger partial charge < -0.3 is 20.2 Å². The highest BCUT2D eigenvalue weighted by Gasteiger charge is 2.24. The van der Waals surface area contributed by atoms with Crippen molar-refractivity contribution in [2.45, 2.75) is 19.4 Å². The van der Waals surface area contributed by atoms with Gasteiger partial charge in [-0.05, 0) is 20.5 Å². The number of carbonyl (C=O) groups is 2. The molecular weight excluding hydrogens is 210 g/mol. The molecule has 0 fully saturated rings. The van der Waals surface area contributed by atoms with E-state index in [4.69, 9.17) is 5.11 Å². The van der Waals surface area contributed by atoms with Gasteiger partial charge in [-0.1, -0.05) is 6.92 Å². The molecule has 0 rings (SSSR count). The lowest BCUT2D eigenvalue weighted by Crippen LogP contribution is -2.48. The van der Waals surface area contributed by atoms with Crippen LogP contribution in [0.1, 0.15) is 13.3 Å². The quantitative estimate of drug-likeness (QED) is 0.677. The number of carbonyl (C=O) groups excluding carboxylic acids is 1. The molecule has 0 saturated heterocycles. The van der Waals surface area contributed by atoms with E-state index in [9.17, 15) is 9.59 Å². The van der Waals surface area contributed by atoms with Crippen LogP contribution >= 0.6 is 0 Å². The molecule has 0 radical (unpaired) electrons. The normalized spacial score (nSPS) is 12.3. The van der Waals surface area contributed by atoms with Gasteiger partial charge >= 0.3 is 12.0 Å². The maximum absolute atomic E-state index is 11.6. The summed E-state index contributed by atoms with van der Waals surface area (Å²) in [5, 5.41) is 11.5. The van der Waals surface area contributed by atoms with Gasteiger partial charge in [0.25, 0.3) is 0 Å². The Morgan fingerprint density at radius 2 is 1.88 bits per heavy atom. The van der Waals surface area contributed by atoms with Gasteiger partial charge in [0.1, 0.15) is 6.04 Å². The minimum absolute atomic E-state index is 0.351. The number of hydrogen-bond donors (Lipinski definition) is 2. The Balaban J connectivity index is 4.11. The lowest BCUT2D eigenvalue weighted by molar-refractivity contribution is -0.141. The Kier molecular flexibility index (Phi) is 6.48. The monoisotopic (exact) mass is 231 g/mol. The number of urea groups is 1. The molecule has 0 spiro atoms. The Morgan fingerprint density at radius 1 is 1.31 bits per heavy atom. The number of aliphatic carboxylic acids is 1. The van der Waals surface area contributed by atoms with Crippen LogP contribution in [0, 0.1) is 0 Å². The van der Waals surface area contributed by atoms with E-state index >= 15 is 0 Å². The SMILES string of the molecule is CCC(C(=O)O)N(C)C(=O)NCCN(C)C. The summed E-state index contributed by atoms with van der Waals surface area (Å²) in [5.41, 5.74) is 0. The number of carboxylic acids is 1. The van der Waals surface area contributed by atoms with Crippen molar-refractivity contribution in [1.82, 2.24) is 15.1 Å². The van der Waals surface area contributed by atoms with Gasteiger partial charge in [0, 0.05) is 20.1 Å². The van der Waals surface area contributed by atoms with Crippen LogP contribution in [-0.4, -0.2) is 67.2 Å². The number of carboxylic acid groups (broad SMARTS) is 1. The zero-order chi connectivity index (χ0) is 12.7. The third-order valence-electron chi connectivity index (χ3n) is 2.29. The highest BCUT2D eigenvalue weighted by molar-refractivity contribution is 5.82. The highest BCUT2D eigenvalue weighted by atomic mass is 16.4. The molecule has 0 bridgehead atoms. The molecule has 16 heavy (non-hydrogen) atoms. The van der Waals surface area contributed by atoms with Gasteiger partial charge in [0.05, 0.1) is 0 Å². The van der Waals surface area contributed by atoms with Crippen molar-refractivity contribution in [3.05, 3.63) is 0 Å². The molecular formula is C10H21N3O3. The number of likely N-dealkylation sites (N-methyl/N-ethyl adjacent to an activating group) is 2. The summed E-state index contributed by atoms with van der Waals surface area (Å²) in [6, 6.07) is -1.12. The molecule has 2 amide bonds. The standard InChI is InChI=1S/C10H21N3O3/c1-5-8(9(14)15)13(4)10(16)11-6-7-12(2)3/h8H,5-7H2,1-4H3,(H,11,16)(H,14,15). The first-order valence-electron chi connectivity index (χ1n) is 5.28. The Labute approximate surface area is 96.2 Å². The largest absolute Gasteiger partial charge is 0.480 e. The average Bonchev–Trinajstić information content (AvgIpc) is 2.17. The lowest BCUT2D eigenvalue weighted by atomic mass is 10.2. The molecule has 0 aliphatic carbocycles. The molecule has 0 aromatic carbocycles. The molecule has 0 saturated carbocycles. The van der Waals surface area contributed by atoms with Gasteiger partial charge in [0.15, 0.2) is 0 Å². The summed E-state index contributed by atoms with van der Waals surface area (Å²) >= 11 is 0. The number of hydrogen-bond acceptors (Lipinski definition) is 3. The fraction of sp³-hybridized carbons (Fsp3) is 0.800. The van der Waals surface area contributed by atoms with E-state index in [0.29, 0.717) is 13.0 Å². The summed E-state index contributed by atoms with van der Waals surface area (Å²) in [7, 11) is 5.30. The third-order valence-corrected chi connectivity index (χ3v) is 2.29. The minimum atomic E-state index is -0.979. The van der Waals surface area contributed by atoms with Crippen LogP contribution < -0.4 is 5.32 Å². The van der Waals surface area contributed by atoms with Gasteiger partial charge in [-0.15, -0.1) is 0 Å². The van der Waals surface area contributed by atoms with Crippen molar-refractivity contribution >= 4 is 12.0 Å². The molecule has 0 heterocycles. The number of amides is 2. The second-order valence-electron chi connectivity index (χ2n) is 3.91. The summed E-state index contributed by atoms with van der Waals surface area (Å²) in [5.74, 6) is -0.979. The van der Waals surface area contributed by atoms with E-state index in [1.807, 2.05) is 19.0 Å². The summed E-state index contributed by atoms with van der Waals surface area (Å²) in [6.07, 6.45) is 0.396. The smallest absolute Gasteiger partial charge is 0.326 e. The first kappa shape index (κ1) is 14.7. The average molecular weight is 231 g/mol. The second kappa shape index (κ2) is 7.05. The molecule has 94 valence electrons. The van der Waals surface area contributed by atoms with Crippen LogP contribution in [0.25, 0.3) is 0 Å². The Hall–Kier alpha value is -1.30. The van der Waals surface area contributed by atoms with Crippen LogP contribution in [0.15, 0.2) is 0 Å². The molecule has 6 heteroatoms. The van der Waals surface area contributed by atoms with Crippen molar-refractivity contribution in [3.8, 4) is 0 Å². The summed E-state index contributed by atoms with van der Waals surface area (Å²) < 4.78 is 0. The fourth-order valence-corrected chi connectivity index (χ4v) is 1.27. The Bertz CT molecular complexity index is 243. The van der Waals surface area contributed by atoms with E-state index in [1.54, 1.807) is 6.92 Å². The summed E-state index contributed by atoms with van der Waals surface area (Å²) in [6.45, 7) is 2.97. The van der Waals surface area contributed by atoms with Crippen molar-refractivity contribution in [1.29, 1.82) is 0 Å². The molecule has 0 aliphatic heterocycles. The molecule has 0 aromatic heterocycles. The maximum atomic E-state index is 11.6. The number of rotatable bonds is 6. The van der Waals surface area contributed by atoms with Gasteiger partial charge in [0.2, 0.25) is 0 Å². The topological polar surface area (TPSA) is 72.9 Å². The third kappa shape index (κ3) is 4.97. The maximum Gasteiger partial charge on any atom is 0.326 e. The zero-order valence-electron chi connectivity index (χ0n) is 10.4. The van der Waals surface area contributed by atoms with Crippen LogP contribution in [0.4, 0.5) is 4.79 Å². The number of nitrogens with one attached hydrogen (secondary N) is 1. The lowest BCUT2D eigenvalue weighted by Gasteiger charge is -2.24. The predicted octanol–water partition coefficient (Wildman–Crippen LogP) is 0.0526. The van der Waals surface area contributed by atoms with Crippen LogP contribution in [0.2, 0.25) is 0 Å². The van der Waals surface area contributed by atoms with E-state index in [1.165, 1.54) is 11.9 Å². The number of nitrogens with zero attached hydrogens (tertiary/aromatic N) is 2. The molecule has 0 aliphatic rings. The zero-order valence-corrected chi connectivity index (χ0v) is 10.4. The molecule has 6 nitrogen and oxygen atoms in total. The predicted molar refractivity (Wildman–Crippen MR) is 61.4 cm³/mol. The molecule has 1 atom stereocenters. The van der Waals surface area contributed by atoms with E-state index in [2.05, 4.69) is 5.32 Å². The summed E-state index contributed by atoms with van der Waals surface area (Å²) in [4.78, 5) is 25.6. The van der Waals surface area contributed by atoms with Gasteiger partial charge in [-0.25, -0.2) is 9.59 Å². The Morgan fingerprint density at radius 3 is 2.25 bits per heavy atom. The van der Waals surface area contributed by atoms with Crippen LogP contribution in [0.5, 0.6) is 0 Å². The molecule has 0 aromatic rings. The van der Waals surface area contributed by atoms with Gasteiger partial charge in [-0.2, -0.15) is 0 Å². The molecule has 2 N–H and O–H groups in total. The minimum Gasteiger partial charge on any atom is -0.480 e. The molecule has 1 unspecified atom stereocenters. The van der Waals surface area contributed by atoms with E-state index < -0.39 is 12.0 Å². The van der Waals surface area contributed by atoms with Gasteiger partial charge in [-0.3, -0.25) is 0 Å². The first-order valence-corrected chi connectivity index (χ1v) is 5.28. The highest BCUT2D eigenvalue weighted by Crippen LogP contribution is 2.01. The van der Waals surface area contributed by atoms with Crippen molar-refractivity contribution in [2.75, 3.05) is 34.2 Å². The second-order valence-corrected chi connectivity index (χ2v) is 3.91. The van der Waals surface area contributed by atoms with Crippen molar-refractivity contribution in [3.63, 3.8) is 0 Å². The van der Waals surface area contributed by atoms with Crippen LogP contribution in [-0.2, 0) is 4.79 Å². The van der Waals surface area contributed by atoms with Crippen LogP contribution in [0.3, 0.4) is 0 Å². The van der Waals surface area contributed by atoms with Crippen molar-refractivity contribution < 1.29 is 14.7 Å². The van der Waals surface area contributed by atoms with E-state index in [0.717, 1.165) is 6.54 Å². The van der Waals surface area contributed by atoms with Crippen molar-refractivity contribution in [2.24, 2.45) is 0 Å². The van der Waals surface area contributed by atoms with E-state index in [-0.39, 0.29) is 6.03 Å². The fourth-order valence-electron chi connectivity index (χ4n) is 1.27. The first-order chi connectivity index (χ1) is 7.40.